The minimum Gasteiger partial charge on any atom is -0.497 e. The Kier molecular flexibility index (Phi) is 3.34. The van der Waals surface area contributed by atoms with Crippen molar-refractivity contribution < 1.29 is 9.47 Å². The van der Waals surface area contributed by atoms with Crippen molar-refractivity contribution >= 4 is 5.95 Å². The van der Waals surface area contributed by atoms with E-state index in [1.54, 1.807) is 49.8 Å². The molecule has 0 aliphatic rings. The molecule has 0 fully saturated rings. The Bertz CT molecular complexity index is 727. The lowest BCUT2D eigenvalue weighted by atomic mass is 10.3. The fraction of sp³-hybridized carbons (Fsp3) is 0.0769. The summed E-state index contributed by atoms with van der Waals surface area (Å²) < 4.78 is 12.1. The van der Waals surface area contributed by atoms with E-state index in [1.165, 1.54) is 4.68 Å². The van der Waals surface area contributed by atoms with E-state index in [9.17, 15) is 0 Å². The number of aromatic nitrogens is 5. The number of rotatable bonds is 4. The molecule has 8 heteroatoms. The predicted octanol–water partition coefficient (Wildman–Crippen LogP) is 1.44. The van der Waals surface area contributed by atoms with Crippen LogP contribution in [0.5, 0.6) is 17.5 Å². The molecule has 0 radical (unpaired) electrons. The monoisotopic (exact) mass is 284 g/mol. The van der Waals surface area contributed by atoms with Crippen molar-refractivity contribution in [2.75, 3.05) is 12.8 Å². The van der Waals surface area contributed by atoms with E-state index in [1.807, 2.05) is 0 Å². The van der Waals surface area contributed by atoms with Crippen molar-refractivity contribution in [2.45, 2.75) is 0 Å². The molecule has 2 N–H and O–H groups in total. The van der Waals surface area contributed by atoms with Gasteiger partial charge in [-0.3, -0.25) is 0 Å². The number of anilines is 1. The summed E-state index contributed by atoms with van der Waals surface area (Å²) in [5.74, 6) is 1.64. The van der Waals surface area contributed by atoms with E-state index < -0.39 is 0 Å². The smallest absolute Gasteiger partial charge is 0.328 e. The Morgan fingerprint density at radius 3 is 2.48 bits per heavy atom. The highest BCUT2D eigenvalue weighted by molar-refractivity contribution is 5.33. The number of ether oxygens (including phenoxy) is 2. The highest BCUT2D eigenvalue weighted by atomic mass is 16.5. The van der Waals surface area contributed by atoms with Crippen LogP contribution in [0.2, 0.25) is 0 Å². The molecule has 0 aliphatic carbocycles. The Labute approximate surface area is 120 Å². The third-order valence-electron chi connectivity index (χ3n) is 2.60. The average molecular weight is 284 g/mol. The molecule has 0 amide bonds. The zero-order valence-electron chi connectivity index (χ0n) is 11.2. The van der Waals surface area contributed by atoms with E-state index in [0.717, 1.165) is 5.75 Å². The van der Waals surface area contributed by atoms with Gasteiger partial charge in [0, 0.05) is 12.4 Å². The highest BCUT2D eigenvalue weighted by Crippen LogP contribution is 2.21. The van der Waals surface area contributed by atoms with Crippen LogP contribution in [-0.4, -0.2) is 31.8 Å². The van der Waals surface area contributed by atoms with Crippen molar-refractivity contribution in [3.63, 3.8) is 0 Å². The minimum absolute atomic E-state index is 0.0546. The van der Waals surface area contributed by atoms with Gasteiger partial charge in [-0.2, -0.15) is 20.1 Å². The van der Waals surface area contributed by atoms with Crippen LogP contribution in [0.4, 0.5) is 5.95 Å². The molecule has 0 aliphatic heterocycles. The van der Waals surface area contributed by atoms with Gasteiger partial charge in [0.05, 0.1) is 7.11 Å². The summed E-state index contributed by atoms with van der Waals surface area (Å²) in [4.78, 5) is 12.1. The van der Waals surface area contributed by atoms with Gasteiger partial charge in [-0.05, 0) is 30.3 Å². The van der Waals surface area contributed by atoms with Gasteiger partial charge in [-0.15, -0.1) is 0 Å². The van der Waals surface area contributed by atoms with E-state index in [2.05, 4.69) is 20.1 Å². The quantitative estimate of drug-likeness (QED) is 0.773. The molecular weight excluding hydrogens is 272 g/mol. The summed E-state index contributed by atoms with van der Waals surface area (Å²) in [6.45, 7) is 0. The summed E-state index contributed by atoms with van der Waals surface area (Å²) in [6, 6.07) is 8.88. The van der Waals surface area contributed by atoms with Crippen LogP contribution in [-0.2, 0) is 0 Å². The SMILES string of the molecule is COc1ccc(Oc2nc(N)nc(-n3cccn3)n2)cc1. The molecule has 106 valence electrons. The van der Waals surface area contributed by atoms with Crippen LogP contribution in [0.1, 0.15) is 0 Å². The van der Waals surface area contributed by atoms with E-state index >= 15 is 0 Å². The van der Waals surface area contributed by atoms with Crippen molar-refractivity contribution in [3.05, 3.63) is 42.7 Å². The lowest BCUT2D eigenvalue weighted by Gasteiger charge is -2.07. The summed E-state index contributed by atoms with van der Waals surface area (Å²) in [6.07, 6.45) is 3.32. The predicted molar refractivity (Wildman–Crippen MR) is 74.4 cm³/mol. The van der Waals surface area contributed by atoms with Crippen LogP contribution >= 0.6 is 0 Å². The van der Waals surface area contributed by atoms with Gasteiger partial charge in [0.2, 0.25) is 5.95 Å². The first-order chi connectivity index (χ1) is 10.2. The maximum Gasteiger partial charge on any atom is 0.328 e. The van der Waals surface area contributed by atoms with Gasteiger partial charge in [0.25, 0.3) is 5.95 Å². The zero-order valence-corrected chi connectivity index (χ0v) is 11.2. The van der Waals surface area contributed by atoms with Gasteiger partial charge in [0.15, 0.2) is 0 Å². The molecule has 3 rings (SSSR count). The third kappa shape index (κ3) is 2.89. The minimum atomic E-state index is 0.0546. The largest absolute Gasteiger partial charge is 0.497 e. The lowest BCUT2D eigenvalue weighted by molar-refractivity contribution is 0.410. The molecule has 0 saturated heterocycles. The summed E-state index contributed by atoms with van der Waals surface area (Å²) in [7, 11) is 1.60. The Morgan fingerprint density at radius 2 is 1.81 bits per heavy atom. The molecule has 0 bridgehead atoms. The summed E-state index contributed by atoms with van der Waals surface area (Å²) >= 11 is 0. The van der Waals surface area contributed by atoms with E-state index in [0.29, 0.717) is 5.75 Å². The Morgan fingerprint density at radius 1 is 1.05 bits per heavy atom. The molecular formula is C13H12N6O2. The third-order valence-corrected chi connectivity index (χ3v) is 2.60. The number of nitrogen functional groups attached to an aromatic ring is 1. The molecule has 0 unspecified atom stereocenters. The number of hydrogen-bond donors (Lipinski definition) is 1. The topological polar surface area (TPSA) is 101 Å². The van der Waals surface area contributed by atoms with E-state index in [4.69, 9.17) is 15.2 Å². The molecule has 0 spiro atoms. The lowest BCUT2D eigenvalue weighted by Crippen LogP contribution is -2.07. The van der Waals surface area contributed by atoms with Gasteiger partial charge < -0.3 is 15.2 Å². The van der Waals surface area contributed by atoms with Crippen molar-refractivity contribution in [1.29, 1.82) is 0 Å². The second-order valence-electron chi connectivity index (χ2n) is 4.00. The number of benzene rings is 1. The van der Waals surface area contributed by atoms with Gasteiger partial charge >= 0.3 is 6.01 Å². The highest BCUT2D eigenvalue weighted by Gasteiger charge is 2.08. The first kappa shape index (κ1) is 12.9. The molecule has 2 aromatic heterocycles. The maximum absolute atomic E-state index is 5.66. The van der Waals surface area contributed by atoms with Gasteiger partial charge in [0.1, 0.15) is 11.5 Å². The van der Waals surface area contributed by atoms with E-state index in [-0.39, 0.29) is 17.9 Å². The van der Waals surface area contributed by atoms with Crippen LogP contribution in [0.25, 0.3) is 5.95 Å². The van der Waals surface area contributed by atoms with Gasteiger partial charge in [-0.25, -0.2) is 4.68 Å². The van der Waals surface area contributed by atoms with Crippen LogP contribution < -0.4 is 15.2 Å². The number of nitrogens with zero attached hydrogens (tertiary/aromatic N) is 5. The fourth-order valence-electron chi connectivity index (χ4n) is 1.65. The van der Waals surface area contributed by atoms with Crippen LogP contribution in [0.15, 0.2) is 42.7 Å². The Balaban J connectivity index is 1.88. The second-order valence-corrected chi connectivity index (χ2v) is 4.00. The van der Waals surface area contributed by atoms with Crippen LogP contribution in [0.3, 0.4) is 0 Å². The second kappa shape index (κ2) is 5.45. The molecule has 3 aromatic rings. The van der Waals surface area contributed by atoms with Crippen molar-refractivity contribution in [1.82, 2.24) is 24.7 Å². The molecule has 1 aromatic carbocycles. The molecule has 21 heavy (non-hydrogen) atoms. The molecule has 8 nitrogen and oxygen atoms in total. The van der Waals surface area contributed by atoms with Crippen molar-refractivity contribution in [2.24, 2.45) is 0 Å². The maximum atomic E-state index is 5.66. The molecule has 2 heterocycles. The summed E-state index contributed by atoms with van der Waals surface area (Å²) in [5, 5.41) is 4.03. The normalized spacial score (nSPS) is 10.3. The van der Waals surface area contributed by atoms with Crippen LogP contribution in [0, 0.1) is 0 Å². The first-order valence-corrected chi connectivity index (χ1v) is 6.08. The summed E-state index contributed by atoms with van der Waals surface area (Å²) in [5.41, 5.74) is 5.66. The fourth-order valence-corrected chi connectivity index (χ4v) is 1.65. The molecule has 0 saturated carbocycles. The number of nitrogens with two attached hydrogens (primary N) is 1. The number of methoxy groups -OCH3 is 1. The zero-order chi connectivity index (χ0) is 14.7. The average Bonchev–Trinajstić information content (AvgIpc) is 3.02. The first-order valence-electron chi connectivity index (χ1n) is 6.08. The molecule has 0 atom stereocenters. The van der Waals surface area contributed by atoms with Crippen molar-refractivity contribution in [3.8, 4) is 23.5 Å². The number of hydrogen-bond acceptors (Lipinski definition) is 7. The standard InChI is InChI=1S/C13H12N6O2/c1-20-9-3-5-10(6-4-9)21-13-17-11(14)16-12(18-13)19-8-2-7-15-19/h2-8H,1H3,(H2,14,16,17,18). The van der Waals surface area contributed by atoms with Gasteiger partial charge in [-0.1, -0.05) is 0 Å². The Hall–Kier alpha value is -3.16.